The molecule has 2 aromatic rings. The molecule has 2 heterocycles. The van der Waals surface area contributed by atoms with Crippen LogP contribution in [0.4, 0.5) is 0 Å². The molecule has 1 fully saturated rings. The van der Waals surface area contributed by atoms with Crippen LogP contribution in [-0.2, 0) is 20.7 Å². The van der Waals surface area contributed by atoms with Crippen molar-refractivity contribution in [1.29, 1.82) is 5.26 Å². The lowest BCUT2D eigenvalue weighted by atomic mass is 10.00. The van der Waals surface area contributed by atoms with Crippen LogP contribution in [0.1, 0.15) is 54.7 Å². The number of aryl methyl sites for hydroxylation is 3. The highest BCUT2D eigenvalue weighted by Crippen LogP contribution is 2.28. The molecule has 2 aromatic heterocycles. The van der Waals surface area contributed by atoms with Crippen molar-refractivity contribution < 1.29 is 14.3 Å². The average Bonchev–Trinajstić information content (AvgIpc) is 3.26. The van der Waals surface area contributed by atoms with Crippen LogP contribution in [0.25, 0.3) is 5.65 Å². The van der Waals surface area contributed by atoms with Crippen LogP contribution in [0.3, 0.4) is 0 Å². The van der Waals surface area contributed by atoms with E-state index in [2.05, 4.69) is 21.5 Å². The molecule has 1 aliphatic rings. The van der Waals surface area contributed by atoms with E-state index >= 15 is 0 Å². The Kier molecular flexibility index (Phi) is 5.63. The molecule has 0 unspecified atom stereocenters. The Labute approximate surface area is 163 Å². The summed E-state index contributed by atoms with van der Waals surface area (Å²) in [5.41, 5.74) is 3.61. The first-order valence-electron chi connectivity index (χ1n) is 9.54. The second-order valence-electron chi connectivity index (χ2n) is 7.43. The van der Waals surface area contributed by atoms with Crippen molar-refractivity contribution in [3.8, 4) is 6.07 Å². The van der Waals surface area contributed by atoms with Crippen molar-refractivity contribution in [2.24, 2.45) is 0 Å². The molecule has 8 nitrogen and oxygen atoms in total. The average molecular weight is 383 g/mol. The largest absolute Gasteiger partial charge is 0.456 e. The van der Waals surface area contributed by atoms with E-state index in [1.807, 2.05) is 26.8 Å². The quantitative estimate of drug-likeness (QED) is 0.765. The van der Waals surface area contributed by atoms with Gasteiger partial charge in [0.1, 0.15) is 5.54 Å². The van der Waals surface area contributed by atoms with Crippen molar-refractivity contribution in [2.75, 3.05) is 6.61 Å². The molecule has 0 bridgehead atoms. The van der Waals surface area contributed by atoms with E-state index in [0.717, 1.165) is 41.1 Å². The highest BCUT2D eigenvalue weighted by molar-refractivity contribution is 5.81. The lowest BCUT2D eigenvalue weighted by Gasteiger charge is -2.21. The number of fused-ring (bicyclic) bond motifs is 1. The van der Waals surface area contributed by atoms with Crippen LogP contribution in [-0.4, -0.2) is 38.6 Å². The zero-order valence-electron chi connectivity index (χ0n) is 16.5. The van der Waals surface area contributed by atoms with E-state index < -0.39 is 17.4 Å². The molecule has 3 rings (SSSR count). The van der Waals surface area contributed by atoms with Crippen molar-refractivity contribution in [3.05, 3.63) is 28.7 Å². The highest BCUT2D eigenvalue weighted by atomic mass is 16.5. The molecule has 0 atom stereocenters. The summed E-state index contributed by atoms with van der Waals surface area (Å²) in [7, 11) is 0. The van der Waals surface area contributed by atoms with Crippen LogP contribution in [0.2, 0.25) is 0 Å². The zero-order chi connectivity index (χ0) is 20.3. The minimum Gasteiger partial charge on any atom is -0.456 e. The molecule has 1 amide bonds. The maximum absolute atomic E-state index is 12.1. The van der Waals surface area contributed by atoms with Crippen molar-refractivity contribution in [2.45, 2.75) is 64.8 Å². The SMILES string of the molecule is Cc1cc2nc(C)c(CCC(=O)OCC(=O)NC3(C#N)CCCC3)c(C)n2n1. The number of esters is 1. The molecule has 0 radical (unpaired) electrons. The van der Waals surface area contributed by atoms with Gasteiger partial charge in [-0.25, -0.2) is 9.50 Å². The third-order valence-corrected chi connectivity index (χ3v) is 5.28. The first-order chi connectivity index (χ1) is 13.3. The zero-order valence-corrected chi connectivity index (χ0v) is 16.5. The standard InChI is InChI=1S/C20H25N5O3/c1-13-10-17-22-14(2)16(15(3)25(17)24-13)6-7-19(27)28-11-18(26)23-20(12-21)8-4-5-9-20/h10H,4-9,11H2,1-3H3,(H,23,26). The Morgan fingerprint density at radius 1 is 1.32 bits per heavy atom. The first-order valence-corrected chi connectivity index (χ1v) is 9.54. The van der Waals surface area contributed by atoms with Crippen LogP contribution in [0, 0.1) is 32.1 Å². The predicted octanol–water partition coefficient (Wildman–Crippen LogP) is 2.08. The van der Waals surface area contributed by atoms with E-state index in [-0.39, 0.29) is 13.0 Å². The molecule has 0 spiro atoms. The summed E-state index contributed by atoms with van der Waals surface area (Å²) in [6.07, 6.45) is 3.73. The number of carbonyl (C=O) groups is 2. The van der Waals surface area contributed by atoms with Crippen LogP contribution < -0.4 is 5.32 Å². The lowest BCUT2D eigenvalue weighted by molar-refractivity contribution is -0.148. The summed E-state index contributed by atoms with van der Waals surface area (Å²) in [5.74, 6) is -0.887. The normalized spacial score (nSPS) is 15.4. The van der Waals surface area contributed by atoms with Crippen molar-refractivity contribution in [3.63, 3.8) is 0 Å². The third-order valence-electron chi connectivity index (χ3n) is 5.28. The van der Waals surface area contributed by atoms with Gasteiger partial charge < -0.3 is 10.1 Å². The Morgan fingerprint density at radius 3 is 2.71 bits per heavy atom. The van der Waals surface area contributed by atoms with E-state index in [9.17, 15) is 14.9 Å². The fraction of sp³-hybridized carbons (Fsp3) is 0.550. The summed E-state index contributed by atoms with van der Waals surface area (Å²) in [6, 6.07) is 4.10. The van der Waals surface area contributed by atoms with Crippen molar-refractivity contribution >= 4 is 17.5 Å². The van der Waals surface area contributed by atoms with Gasteiger partial charge in [-0.15, -0.1) is 0 Å². The highest BCUT2D eigenvalue weighted by Gasteiger charge is 2.35. The number of nitrogens with one attached hydrogen (secondary N) is 1. The number of aromatic nitrogens is 3. The number of hydrogen-bond acceptors (Lipinski definition) is 6. The van der Waals surface area contributed by atoms with Gasteiger partial charge in [0, 0.05) is 23.9 Å². The van der Waals surface area contributed by atoms with Gasteiger partial charge in [0.15, 0.2) is 12.3 Å². The molecule has 1 N–H and O–H groups in total. The third kappa shape index (κ3) is 4.14. The van der Waals surface area contributed by atoms with Crippen LogP contribution in [0.15, 0.2) is 6.07 Å². The number of nitriles is 1. The predicted molar refractivity (Wildman–Crippen MR) is 101 cm³/mol. The number of carbonyl (C=O) groups excluding carboxylic acids is 2. The minimum absolute atomic E-state index is 0.145. The molecular formula is C20H25N5O3. The number of rotatable bonds is 6. The first kappa shape index (κ1) is 19.8. The molecular weight excluding hydrogens is 358 g/mol. The number of amides is 1. The maximum atomic E-state index is 12.1. The van der Waals surface area contributed by atoms with Gasteiger partial charge in [0.25, 0.3) is 5.91 Å². The van der Waals surface area contributed by atoms with Crippen LogP contribution >= 0.6 is 0 Å². The van der Waals surface area contributed by atoms with E-state index in [4.69, 9.17) is 4.74 Å². The summed E-state index contributed by atoms with van der Waals surface area (Å²) in [4.78, 5) is 28.7. The van der Waals surface area contributed by atoms with Gasteiger partial charge in [0.05, 0.1) is 11.8 Å². The van der Waals surface area contributed by atoms with Gasteiger partial charge in [-0.2, -0.15) is 10.4 Å². The summed E-state index contributed by atoms with van der Waals surface area (Å²) >= 11 is 0. The molecule has 8 heteroatoms. The monoisotopic (exact) mass is 383 g/mol. The molecule has 0 aromatic carbocycles. The molecule has 1 aliphatic carbocycles. The lowest BCUT2D eigenvalue weighted by Crippen LogP contribution is -2.46. The van der Waals surface area contributed by atoms with Gasteiger partial charge in [-0.05, 0) is 58.4 Å². The van der Waals surface area contributed by atoms with Crippen molar-refractivity contribution in [1.82, 2.24) is 19.9 Å². The second kappa shape index (κ2) is 7.97. The van der Waals surface area contributed by atoms with Gasteiger partial charge in [-0.1, -0.05) is 0 Å². The van der Waals surface area contributed by atoms with Gasteiger partial charge in [-0.3, -0.25) is 9.59 Å². The Balaban J connectivity index is 1.54. The number of ether oxygens (including phenoxy) is 1. The van der Waals surface area contributed by atoms with E-state index in [0.29, 0.717) is 19.3 Å². The second-order valence-corrected chi connectivity index (χ2v) is 7.43. The van der Waals surface area contributed by atoms with Gasteiger partial charge in [0.2, 0.25) is 0 Å². The fourth-order valence-electron chi connectivity index (χ4n) is 3.79. The smallest absolute Gasteiger partial charge is 0.306 e. The Hall–Kier alpha value is -2.95. The van der Waals surface area contributed by atoms with Gasteiger partial charge >= 0.3 is 5.97 Å². The summed E-state index contributed by atoms with van der Waals surface area (Å²) in [6.45, 7) is 5.40. The fourth-order valence-corrected chi connectivity index (χ4v) is 3.79. The summed E-state index contributed by atoms with van der Waals surface area (Å²) in [5, 5.41) is 16.4. The van der Waals surface area contributed by atoms with E-state index in [1.165, 1.54) is 0 Å². The Morgan fingerprint density at radius 2 is 2.04 bits per heavy atom. The van der Waals surface area contributed by atoms with E-state index in [1.54, 1.807) is 4.52 Å². The molecule has 0 saturated heterocycles. The number of nitrogens with zero attached hydrogens (tertiary/aromatic N) is 4. The topological polar surface area (TPSA) is 109 Å². The molecule has 1 saturated carbocycles. The molecule has 148 valence electrons. The molecule has 0 aliphatic heterocycles. The number of hydrogen-bond donors (Lipinski definition) is 1. The van der Waals surface area contributed by atoms with Crippen LogP contribution in [0.5, 0.6) is 0 Å². The summed E-state index contributed by atoms with van der Waals surface area (Å²) < 4.78 is 6.87. The maximum Gasteiger partial charge on any atom is 0.306 e. The minimum atomic E-state index is -0.805. The molecule has 28 heavy (non-hydrogen) atoms. The Bertz CT molecular complexity index is 951.